The normalized spacial score (nSPS) is 12.7. The van der Waals surface area contributed by atoms with Gasteiger partial charge in [0.05, 0.1) is 0 Å². The van der Waals surface area contributed by atoms with Crippen molar-refractivity contribution in [3.05, 3.63) is 20.8 Å². The monoisotopic (exact) mass is 269 g/mol. The molecule has 1 atom stereocenters. The Kier molecular flexibility index (Phi) is 5.17. The lowest BCUT2D eigenvalue weighted by Gasteiger charge is -2.24. The van der Waals surface area contributed by atoms with E-state index in [1.807, 2.05) is 6.92 Å². The summed E-state index contributed by atoms with van der Waals surface area (Å²) in [5, 5.41) is 3.08. The Bertz CT molecular complexity index is 530. The molecule has 0 saturated heterocycles. The molecule has 7 heteroatoms. The van der Waals surface area contributed by atoms with Gasteiger partial charge < -0.3 is 16.0 Å². The molecule has 0 bridgehead atoms. The number of nitrogen functional groups attached to an aromatic ring is 1. The van der Waals surface area contributed by atoms with Crippen molar-refractivity contribution in [2.75, 3.05) is 30.7 Å². The highest BCUT2D eigenvalue weighted by Crippen LogP contribution is 2.10. The van der Waals surface area contributed by atoms with E-state index in [-0.39, 0.29) is 17.5 Å². The summed E-state index contributed by atoms with van der Waals surface area (Å²) in [6.07, 6.45) is 0. The Morgan fingerprint density at radius 3 is 2.47 bits per heavy atom. The number of hydrogen-bond acceptors (Lipinski definition) is 5. The Labute approximate surface area is 112 Å². The molecule has 0 saturated carbocycles. The predicted octanol–water partition coefficient (Wildman–Crippen LogP) is -0.202. The standard InChI is InChI=1S/C12H23N5O2/c1-5-17(6-2)7-8(3)14-9-10(13)16(4)12(19)15-11(9)18/h8,14H,5-7,13H2,1-4H3,(H,15,18,19). The van der Waals surface area contributed by atoms with E-state index < -0.39 is 11.2 Å². The second-order valence-electron chi connectivity index (χ2n) is 4.61. The number of nitrogens with one attached hydrogen (secondary N) is 2. The van der Waals surface area contributed by atoms with Gasteiger partial charge in [-0.05, 0) is 20.0 Å². The molecule has 0 fully saturated rings. The molecule has 0 aromatic carbocycles. The Balaban J connectivity index is 2.91. The van der Waals surface area contributed by atoms with Gasteiger partial charge in [0.15, 0.2) is 0 Å². The van der Waals surface area contributed by atoms with Crippen LogP contribution in [0.15, 0.2) is 9.59 Å². The van der Waals surface area contributed by atoms with Gasteiger partial charge in [0.25, 0.3) is 5.56 Å². The van der Waals surface area contributed by atoms with Gasteiger partial charge in [-0.2, -0.15) is 0 Å². The third-order valence-corrected chi connectivity index (χ3v) is 3.19. The van der Waals surface area contributed by atoms with Gasteiger partial charge in [0.2, 0.25) is 0 Å². The first kappa shape index (κ1) is 15.3. The Morgan fingerprint density at radius 1 is 1.37 bits per heavy atom. The fraction of sp³-hybridized carbons (Fsp3) is 0.667. The van der Waals surface area contributed by atoms with E-state index in [2.05, 4.69) is 29.0 Å². The molecule has 1 heterocycles. The average Bonchev–Trinajstić information content (AvgIpc) is 2.38. The second kappa shape index (κ2) is 6.42. The Morgan fingerprint density at radius 2 is 1.95 bits per heavy atom. The molecule has 0 radical (unpaired) electrons. The number of hydrogen-bond donors (Lipinski definition) is 3. The summed E-state index contributed by atoms with van der Waals surface area (Å²) in [7, 11) is 1.52. The first-order valence-corrected chi connectivity index (χ1v) is 6.48. The van der Waals surface area contributed by atoms with Crippen molar-refractivity contribution in [2.24, 2.45) is 7.05 Å². The molecule has 0 aliphatic heterocycles. The van der Waals surface area contributed by atoms with Crippen LogP contribution in [0, 0.1) is 0 Å². The van der Waals surface area contributed by atoms with Crippen molar-refractivity contribution in [1.82, 2.24) is 14.5 Å². The van der Waals surface area contributed by atoms with Crippen LogP contribution in [0.25, 0.3) is 0 Å². The van der Waals surface area contributed by atoms with Crippen molar-refractivity contribution >= 4 is 11.5 Å². The summed E-state index contributed by atoms with van der Waals surface area (Å²) in [5.41, 5.74) is 5.06. The molecule has 1 aromatic heterocycles. The molecule has 0 spiro atoms. The van der Waals surface area contributed by atoms with Gasteiger partial charge in [-0.3, -0.25) is 14.3 Å². The SMILES string of the molecule is CCN(CC)CC(C)Nc1c(N)n(C)c(=O)[nH]c1=O. The van der Waals surface area contributed by atoms with E-state index >= 15 is 0 Å². The number of rotatable bonds is 6. The molecule has 0 aliphatic rings. The average molecular weight is 269 g/mol. The van der Waals surface area contributed by atoms with Crippen LogP contribution in [0.2, 0.25) is 0 Å². The molecular formula is C12H23N5O2. The van der Waals surface area contributed by atoms with E-state index in [0.29, 0.717) is 0 Å². The number of aromatic amines is 1. The topological polar surface area (TPSA) is 96.2 Å². The molecule has 0 aliphatic carbocycles. The molecule has 19 heavy (non-hydrogen) atoms. The number of anilines is 2. The number of nitrogens with two attached hydrogens (primary N) is 1. The fourth-order valence-electron chi connectivity index (χ4n) is 1.94. The smallest absolute Gasteiger partial charge is 0.329 e. The lowest BCUT2D eigenvalue weighted by molar-refractivity contribution is 0.294. The fourth-order valence-corrected chi connectivity index (χ4v) is 1.94. The minimum atomic E-state index is -0.510. The van der Waals surface area contributed by atoms with E-state index in [9.17, 15) is 9.59 Å². The number of aromatic nitrogens is 2. The van der Waals surface area contributed by atoms with Crippen LogP contribution in [-0.4, -0.2) is 40.1 Å². The van der Waals surface area contributed by atoms with Crippen LogP contribution in [0.4, 0.5) is 11.5 Å². The summed E-state index contributed by atoms with van der Waals surface area (Å²) >= 11 is 0. The molecule has 4 N–H and O–H groups in total. The summed E-state index contributed by atoms with van der Waals surface area (Å²) in [4.78, 5) is 27.6. The largest absolute Gasteiger partial charge is 0.383 e. The third kappa shape index (κ3) is 3.60. The molecule has 1 aromatic rings. The lowest BCUT2D eigenvalue weighted by Crippen LogP contribution is -2.38. The Hall–Kier alpha value is -1.76. The first-order chi connectivity index (χ1) is 8.90. The van der Waals surface area contributed by atoms with Gasteiger partial charge in [0, 0.05) is 19.6 Å². The highest BCUT2D eigenvalue weighted by molar-refractivity contribution is 5.60. The first-order valence-electron chi connectivity index (χ1n) is 6.48. The quantitative estimate of drug-likeness (QED) is 0.664. The van der Waals surface area contributed by atoms with Crippen molar-refractivity contribution < 1.29 is 0 Å². The predicted molar refractivity (Wildman–Crippen MR) is 77.6 cm³/mol. The van der Waals surface area contributed by atoms with Crippen LogP contribution < -0.4 is 22.3 Å². The van der Waals surface area contributed by atoms with Crippen LogP contribution in [0.1, 0.15) is 20.8 Å². The van der Waals surface area contributed by atoms with Gasteiger partial charge in [-0.25, -0.2) is 4.79 Å². The number of H-pyrrole nitrogens is 1. The second-order valence-corrected chi connectivity index (χ2v) is 4.61. The maximum absolute atomic E-state index is 11.7. The van der Waals surface area contributed by atoms with Crippen molar-refractivity contribution in [3.8, 4) is 0 Å². The molecule has 1 rings (SSSR count). The zero-order chi connectivity index (χ0) is 14.6. The highest BCUT2D eigenvalue weighted by Gasteiger charge is 2.13. The van der Waals surface area contributed by atoms with Gasteiger partial charge in [-0.1, -0.05) is 13.8 Å². The number of likely N-dealkylation sites (N-methyl/N-ethyl adjacent to an activating group) is 1. The van der Waals surface area contributed by atoms with E-state index in [1.165, 1.54) is 11.6 Å². The van der Waals surface area contributed by atoms with Crippen LogP contribution in [0.5, 0.6) is 0 Å². The van der Waals surface area contributed by atoms with E-state index in [1.54, 1.807) is 0 Å². The maximum atomic E-state index is 11.7. The van der Waals surface area contributed by atoms with Crippen LogP contribution >= 0.6 is 0 Å². The van der Waals surface area contributed by atoms with Gasteiger partial charge in [-0.15, -0.1) is 0 Å². The van der Waals surface area contributed by atoms with Gasteiger partial charge in [0.1, 0.15) is 11.5 Å². The minimum absolute atomic E-state index is 0.0563. The minimum Gasteiger partial charge on any atom is -0.383 e. The molecule has 7 nitrogen and oxygen atoms in total. The molecule has 108 valence electrons. The molecule has 0 amide bonds. The van der Waals surface area contributed by atoms with E-state index in [0.717, 1.165) is 19.6 Å². The molecule has 1 unspecified atom stereocenters. The summed E-state index contributed by atoms with van der Waals surface area (Å²) in [6, 6.07) is 0.0563. The maximum Gasteiger partial charge on any atom is 0.329 e. The van der Waals surface area contributed by atoms with Crippen molar-refractivity contribution in [1.29, 1.82) is 0 Å². The molecular weight excluding hydrogens is 246 g/mol. The highest BCUT2D eigenvalue weighted by atomic mass is 16.2. The van der Waals surface area contributed by atoms with Crippen molar-refractivity contribution in [3.63, 3.8) is 0 Å². The van der Waals surface area contributed by atoms with Crippen LogP contribution in [0.3, 0.4) is 0 Å². The van der Waals surface area contributed by atoms with E-state index in [4.69, 9.17) is 5.73 Å². The summed E-state index contributed by atoms with van der Waals surface area (Å²) in [5.74, 6) is 0.153. The van der Waals surface area contributed by atoms with Gasteiger partial charge >= 0.3 is 5.69 Å². The summed E-state index contributed by atoms with van der Waals surface area (Å²) in [6.45, 7) is 8.84. The lowest BCUT2D eigenvalue weighted by atomic mass is 10.3. The van der Waals surface area contributed by atoms with Crippen molar-refractivity contribution in [2.45, 2.75) is 26.8 Å². The zero-order valence-electron chi connectivity index (χ0n) is 12.0. The number of nitrogens with zero attached hydrogens (tertiary/aromatic N) is 2. The zero-order valence-corrected chi connectivity index (χ0v) is 12.0. The third-order valence-electron chi connectivity index (χ3n) is 3.19. The van der Waals surface area contributed by atoms with Crippen LogP contribution in [-0.2, 0) is 7.05 Å². The summed E-state index contributed by atoms with van der Waals surface area (Å²) < 4.78 is 1.22.